The lowest BCUT2D eigenvalue weighted by atomic mass is 9.72. The Morgan fingerprint density at radius 3 is 2.17 bits per heavy atom. The zero-order valence-electron chi connectivity index (χ0n) is 12.0. The van der Waals surface area contributed by atoms with Crippen LogP contribution in [0, 0.1) is 10.8 Å². The highest BCUT2D eigenvalue weighted by molar-refractivity contribution is 5.80. The van der Waals surface area contributed by atoms with Gasteiger partial charge in [-0.25, -0.2) is 0 Å². The summed E-state index contributed by atoms with van der Waals surface area (Å²) in [5.74, 6) is -0.624. The fraction of sp³-hybridized carbons (Fsp3) is 0.714. The van der Waals surface area contributed by atoms with Crippen molar-refractivity contribution < 1.29 is 19.1 Å². The largest absolute Gasteiger partial charge is 0.469 e. The summed E-state index contributed by atoms with van der Waals surface area (Å²) in [4.78, 5) is 23.7. The van der Waals surface area contributed by atoms with E-state index in [2.05, 4.69) is 6.58 Å². The molecular weight excluding hydrogens is 232 g/mol. The number of hydrogen-bond donors (Lipinski definition) is 0. The summed E-state index contributed by atoms with van der Waals surface area (Å²) < 4.78 is 9.86. The van der Waals surface area contributed by atoms with E-state index in [0.717, 1.165) is 0 Å². The van der Waals surface area contributed by atoms with Crippen LogP contribution in [0.2, 0.25) is 0 Å². The van der Waals surface area contributed by atoms with Gasteiger partial charge in [-0.05, 0) is 33.6 Å². The second-order valence-electron chi connectivity index (χ2n) is 5.35. The molecule has 104 valence electrons. The van der Waals surface area contributed by atoms with Crippen LogP contribution in [0.4, 0.5) is 0 Å². The molecule has 0 saturated heterocycles. The van der Waals surface area contributed by atoms with E-state index >= 15 is 0 Å². The number of rotatable bonds is 7. The fourth-order valence-electron chi connectivity index (χ4n) is 1.97. The zero-order chi connectivity index (χ0) is 14.4. The molecule has 0 fully saturated rings. The minimum absolute atomic E-state index is 0.184. The predicted octanol–water partition coefficient (Wildman–Crippen LogP) is 2.72. The van der Waals surface area contributed by atoms with Crippen LogP contribution in [0.3, 0.4) is 0 Å². The molecule has 0 bridgehead atoms. The molecule has 0 radical (unpaired) electrons. The smallest absolute Gasteiger partial charge is 0.311 e. The van der Waals surface area contributed by atoms with Crippen molar-refractivity contribution >= 4 is 11.9 Å². The van der Waals surface area contributed by atoms with E-state index in [1.54, 1.807) is 20.8 Å². The summed E-state index contributed by atoms with van der Waals surface area (Å²) >= 11 is 0. The van der Waals surface area contributed by atoms with Crippen LogP contribution in [-0.4, -0.2) is 25.7 Å². The molecule has 0 aliphatic carbocycles. The van der Waals surface area contributed by atoms with Crippen LogP contribution in [0.1, 0.15) is 40.5 Å². The Balaban J connectivity index is 4.86. The van der Waals surface area contributed by atoms with Crippen molar-refractivity contribution in [1.82, 2.24) is 0 Å². The minimum atomic E-state index is -0.734. The van der Waals surface area contributed by atoms with Crippen LogP contribution in [0.25, 0.3) is 0 Å². The van der Waals surface area contributed by atoms with Crippen LogP contribution < -0.4 is 0 Å². The zero-order valence-corrected chi connectivity index (χ0v) is 12.0. The van der Waals surface area contributed by atoms with Gasteiger partial charge >= 0.3 is 11.9 Å². The topological polar surface area (TPSA) is 52.6 Å². The first-order valence-corrected chi connectivity index (χ1v) is 6.10. The Kier molecular flexibility index (Phi) is 6.09. The predicted molar refractivity (Wildman–Crippen MR) is 70.0 cm³/mol. The normalized spacial score (nSPS) is 14.5. The van der Waals surface area contributed by atoms with Crippen molar-refractivity contribution in [3.8, 4) is 0 Å². The van der Waals surface area contributed by atoms with Crippen molar-refractivity contribution in [3.05, 3.63) is 12.7 Å². The molecular formula is C14H24O4. The maximum atomic E-state index is 11.9. The van der Waals surface area contributed by atoms with Crippen molar-refractivity contribution in [2.45, 2.75) is 40.5 Å². The van der Waals surface area contributed by atoms with E-state index in [4.69, 9.17) is 9.47 Å². The lowest BCUT2D eigenvalue weighted by Gasteiger charge is -2.33. The molecule has 0 aromatic rings. The molecule has 0 aromatic carbocycles. The quantitative estimate of drug-likeness (QED) is 0.519. The lowest BCUT2D eigenvalue weighted by Crippen LogP contribution is -2.38. The maximum absolute atomic E-state index is 11.9. The monoisotopic (exact) mass is 256 g/mol. The first-order chi connectivity index (χ1) is 8.23. The molecule has 0 amide bonds. The number of carbonyl (C=O) groups excluding carboxylic acids is 2. The maximum Gasteiger partial charge on any atom is 0.311 e. The SMILES string of the molecule is C=CCOC(=O)C(C)(C)CC(C)(CC)C(=O)OC. The van der Waals surface area contributed by atoms with Gasteiger partial charge in [-0.1, -0.05) is 19.6 Å². The average molecular weight is 256 g/mol. The van der Waals surface area contributed by atoms with Crippen LogP contribution in [0.5, 0.6) is 0 Å². The molecule has 0 heterocycles. The Hall–Kier alpha value is -1.32. The molecule has 4 nitrogen and oxygen atoms in total. The number of hydrogen-bond acceptors (Lipinski definition) is 4. The van der Waals surface area contributed by atoms with Gasteiger partial charge in [0.05, 0.1) is 17.9 Å². The van der Waals surface area contributed by atoms with E-state index in [1.807, 2.05) is 6.92 Å². The van der Waals surface area contributed by atoms with Crippen molar-refractivity contribution in [2.24, 2.45) is 10.8 Å². The highest BCUT2D eigenvalue weighted by atomic mass is 16.5. The van der Waals surface area contributed by atoms with Gasteiger partial charge in [0.1, 0.15) is 6.61 Å². The molecule has 0 rings (SSSR count). The number of esters is 2. The van der Waals surface area contributed by atoms with Gasteiger partial charge < -0.3 is 9.47 Å². The Bertz CT molecular complexity index is 320. The van der Waals surface area contributed by atoms with Crippen molar-refractivity contribution in [3.63, 3.8) is 0 Å². The molecule has 0 aromatic heterocycles. The number of carbonyl (C=O) groups is 2. The summed E-state index contributed by atoms with van der Waals surface area (Å²) in [5.41, 5.74) is -1.41. The molecule has 0 saturated carbocycles. The molecule has 0 N–H and O–H groups in total. The first kappa shape index (κ1) is 16.7. The lowest BCUT2D eigenvalue weighted by molar-refractivity contribution is -0.160. The van der Waals surface area contributed by atoms with Crippen LogP contribution in [-0.2, 0) is 19.1 Å². The van der Waals surface area contributed by atoms with Gasteiger partial charge in [-0.2, -0.15) is 0 Å². The second kappa shape index (κ2) is 6.57. The van der Waals surface area contributed by atoms with Gasteiger partial charge in [0.2, 0.25) is 0 Å². The first-order valence-electron chi connectivity index (χ1n) is 6.10. The summed E-state index contributed by atoms with van der Waals surface area (Å²) in [7, 11) is 1.36. The Morgan fingerprint density at radius 1 is 1.22 bits per heavy atom. The molecule has 0 aliphatic heterocycles. The number of ether oxygens (including phenoxy) is 2. The summed E-state index contributed by atoms with van der Waals surface area (Å²) in [6.45, 7) is 10.9. The van der Waals surface area contributed by atoms with E-state index in [9.17, 15) is 9.59 Å². The Labute approximate surface area is 109 Å². The third-order valence-corrected chi connectivity index (χ3v) is 3.18. The molecule has 1 unspecified atom stereocenters. The third kappa shape index (κ3) is 4.17. The van der Waals surface area contributed by atoms with Crippen molar-refractivity contribution in [1.29, 1.82) is 0 Å². The van der Waals surface area contributed by atoms with Gasteiger partial charge in [-0.15, -0.1) is 0 Å². The van der Waals surface area contributed by atoms with Gasteiger partial charge in [-0.3, -0.25) is 9.59 Å². The van der Waals surface area contributed by atoms with E-state index in [0.29, 0.717) is 12.8 Å². The average Bonchev–Trinajstić information content (AvgIpc) is 2.33. The van der Waals surface area contributed by atoms with E-state index in [1.165, 1.54) is 13.2 Å². The molecule has 0 spiro atoms. The van der Waals surface area contributed by atoms with E-state index < -0.39 is 10.8 Å². The second-order valence-corrected chi connectivity index (χ2v) is 5.35. The summed E-state index contributed by atoms with van der Waals surface area (Å²) in [5, 5.41) is 0. The van der Waals surface area contributed by atoms with Crippen LogP contribution >= 0.6 is 0 Å². The Morgan fingerprint density at radius 2 is 1.78 bits per heavy atom. The highest BCUT2D eigenvalue weighted by Gasteiger charge is 2.42. The van der Waals surface area contributed by atoms with Gasteiger partial charge in [0, 0.05) is 0 Å². The van der Waals surface area contributed by atoms with Gasteiger partial charge in [0.25, 0.3) is 0 Å². The highest BCUT2D eigenvalue weighted by Crippen LogP contribution is 2.38. The summed E-state index contributed by atoms with van der Waals surface area (Å²) in [6.07, 6.45) is 2.52. The van der Waals surface area contributed by atoms with Crippen molar-refractivity contribution in [2.75, 3.05) is 13.7 Å². The molecule has 4 heteroatoms. The van der Waals surface area contributed by atoms with Gasteiger partial charge in [0.15, 0.2) is 0 Å². The number of methoxy groups -OCH3 is 1. The minimum Gasteiger partial charge on any atom is -0.469 e. The van der Waals surface area contributed by atoms with Crippen LogP contribution in [0.15, 0.2) is 12.7 Å². The molecule has 1 atom stereocenters. The van der Waals surface area contributed by atoms with E-state index in [-0.39, 0.29) is 18.5 Å². The fourth-order valence-corrected chi connectivity index (χ4v) is 1.97. The third-order valence-electron chi connectivity index (χ3n) is 3.18. The summed E-state index contributed by atoms with van der Waals surface area (Å²) in [6, 6.07) is 0. The molecule has 0 aliphatic rings. The standard InChI is InChI=1S/C14H24O4/c1-7-9-18-11(15)13(3,4)10-14(5,8-2)12(16)17-6/h7H,1,8-10H2,2-6H3. The molecule has 18 heavy (non-hydrogen) atoms.